The number of benzene rings is 2. The first-order valence-corrected chi connectivity index (χ1v) is 11.0. The molecule has 29 heavy (non-hydrogen) atoms. The minimum Gasteiger partial charge on any atom is -0.354 e. The van der Waals surface area contributed by atoms with Crippen molar-refractivity contribution >= 4 is 50.9 Å². The number of halogens is 3. The van der Waals surface area contributed by atoms with Crippen LogP contribution in [0.4, 0.5) is 0 Å². The van der Waals surface area contributed by atoms with Crippen LogP contribution in [0.5, 0.6) is 0 Å². The van der Waals surface area contributed by atoms with Crippen molar-refractivity contribution in [2.45, 2.75) is 39.8 Å². The molecular formula is C22H25BrCl2N2O2. The number of amides is 2. The zero-order chi connectivity index (χ0) is 21.6. The highest BCUT2D eigenvalue weighted by atomic mass is 79.9. The van der Waals surface area contributed by atoms with E-state index in [-0.39, 0.29) is 18.2 Å². The van der Waals surface area contributed by atoms with E-state index in [1.807, 2.05) is 38.1 Å². The molecule has 0 heterocycles. The van der Waals surface area contributed by atoms with Crippen molar-refractivity contribution in [2.75, 3.05) is 6.54 Å². The molecule has 0 aliphatic rings. The minimum atomic E-state index is -0.619. The Morgan fingerprint density at radius 1 is 1.10 bits per heavy atom. The van der Waals surface area contributed by atoms with Crippen LogP contribution < -0.4 is 5.32 Å². The molecule has 1 atom stereocenters. The molecule has 156 valence electrons. The Hall–Kier alpha value is -1.56. The molecule has 2 aromatic rings. The van der Waals surface area contributed by atoms with Crippen molar-refractivity contribution < 1.29 is 9.59 Å². The molecule has 7 heteroatoms. The topological polar surface area (TPSA) is 49.4 Å². The zero-order valence-corrected chi connectivity index (χ0v) is 19.8. The molecular weight excluding hydrogens is 475 g/mol. The number of carbonyl (C=O) groups is 2. The average molecular weight is 500 g/mol. The Balaban J connectivity index is 2.24. The van der Waals surface area contributed by atoms with Crippen molar-refractivity contribution in [2.24, 2.45) is 5.92 Å². The van der Waals surface area contributed by atoms with Gasteiger partial charge in [0.25, 0.3) is 0 Å². The lowest BCUT2D eigenvalue weighted by Crippen LogP contribution is -2.48. The maximum absolute atomic E-state index is 13.2. The number of rotatable bonds is 8. The van der Waals surface area contributed by atoms with E-state index in [1.165, 1.54) is 0 Å². The smallest absolute Gasteiger partial charge is 0.242 e. The lowest BCUT2D eigenvalue weighted by molar-refractivity contribution is -0.140. The van der Waals surface area contributed by atoms with Crippen LogP contribution in [-0.2, 0) is 22.6 Å². The minimum absolute atomic E-state index is 0.0891. The third-order valence-corrected chi connectivity index (χ3v) is 5.53. The van der Waals surface area contributed by atoms with Crippen LogP contribution in [-0.4, -0.2) is 29.3 Å². The fourth-order valence-electron chi connectivity index (χ4n) is 2.80. The summed E-state index contributed by atoms with van der Waals surface area (Å²) >= 11 is 15.7. The highest BCUT2D eigenvalue weighted by Crippen LogP contribution is 2.23. The second kappa shape index (κ2) is 11.0. The van der Waals surface area contributed by atoms with Crippen molar-refractivity contribution in [1.82, 2.24) is 10.2 Å². The second-order valence-corrected chi connectivity index (χ2v) is 9.14. The fraction of sp³-hybridized carbons (Fsp3) is 0.364. The molecule has 1 N–H and O–H groups in total. The van der Waals surface area contributed by atoms with Gasteiger partial charge in [-0.3, -0.25) is 9.59 Å². The normalized spacial score (nSPS) is 12.0. The Kier molecular flexibility index (Phi) is 9.00. The van der Waals surface area contributed by atoms with Crippen LogP contribution in [0.25, 0.3) is 0 Å². The van der Waals surface area contributed by atoms with E-state index in [4.69, 9.17) is 23.2 Å². The number of hydrogen-bond acceptors (Lipinski definition) is 2. The number of nitrogens with one attached hydrogen (secondary N) is 1. The molecule has 2 rings (SSSR count). The van der Waals surface area contributed by atoms with Crippen LogP contribution in [0.1, 0.15) is 31.9 Å². The molecule has 0 aliphatic carbocycles. The molecule has 0 unspecified atom stereocenters. The third-order valence-electron chi connectivity index (χ3n) is 4.45. The SMILES string of the molecule is CC(C)CNC(=O)[C@H](C)N(Cc1cccc(Br)c1)C(=O)Cc1ccc(Cl)cc1Cl. The Morgan fingerprint density at radius 2 is 1.83 bits per heavy atom. The molecule has 2 aromatic carbocycles. The summed E-state index contributed by atoms with van der Waals surface area (Å²) in [6, 6.07) is 12.1. The highest BCUT2D eigenvalue weighted by molar-refractivity contribution is 9.10. The Labute approximate surface area is 190 Å². The van der Waals surface area contributed by atoms with Gasteiger partial charge in [-0.15, -0.1) is 0 Å². The van der Waals surface area contributed by atoms with Gasteiger partial charge in [0.05, 0.1) is 6.42 Å². The Morgan fingerprint density at radius 3 is 2.45 bits per heavy atom. The van der Waals surface area contributed by atoms with Gasteiger partial charge < -0.3 is 10.2 Å². The van der Waals surface area contributed by atoms with E-state index in [0.717, 1.165) is 10.0 Å². The number of nitrogens with zero attached hydrogens (tertiary/aromatic N) is 1. The lowest BCUT2D eigenvalue weighted by atomic mass is 10.1. The van der Waals surface area contributed by atoms with E-state index in [1.54, 1.807) is 30.0 Å². The predicted molar refractivity (Wildman–Crippen MR) is 122 cm³/mol. The third kappa shape index (κ3) is 7.32. The summed E-state index contributed by atoms with van der Waals surface area (Å²) in [5.74, 6) is -0.0288. The van der Waals surface area contributed by atoms with Crippen LogP contribution in [0, 0.1) is 5.92 Å². The van der Waals surface area contributed by atoms with Crippen LogP contribution >= 0.6 is 39.1 Å². The average Bonchev–Trinajstić information content (AvgIpc) is 2.65. The van der Waals surface area contributed by atoms with E-state index >= 15 is 0 Å². The number of hydrogen-bond donors (Lipinski definition) is 1. The van der Waals surface area contributed by atoms with E-state index in [9.17, 15) is 9.59 Å². The standard InChI is InChI=1S/C22H25BrCl2N2O2/c1-14(2)12-26-22(29)15(3)27(13-16-5-4-6-18(23)9-16)21(28)10-17-7-8-19(24)11-20(17)25/h4-9,11,14-15H,10,12-13H2,1-3H3,(H,26,29)/t15-/m0/s1. The van der Waals surface area contributed by atoms with E-state index in [2.05, 4.69) is 21.2 Å². The molecule has 0 bridgehead atoms. The molecule has 4 nitrogen and oxygen atoms in total. The van der Waals surface area contributed by atoms with Gasteiger partial charge in [0.15, 0.2) is 0 Å². The van der Waals surface area contributed by atoms with Crippen molar-refractivity contribution in [3.8, 4) is 0 Å². The summed E-state index contributed by atoms with van der Waals surface area (Å²) in [7, 11) is 0. The Bertz CT molecular complexity index is 874. The quantitative estimate of drug-likeness (QED) is 0.522. The zero-order valence-electron chi connectivity index (χ0n) is 16.7. The highest BCUT2D eigenvalue weighted by Gasteiger charge is 2.26. The first-order valence-electron chi connectivity index (χ1n) is 9.43. The van der Waals surface area contributed by atoms with Gasteiger partial charge in [-0.1, -0.05) is 71.2 Å². The van der Waals surface area contributed by atoms with Gasteiger partial charge in [-0.05, 0) is 48.2 Å². The summed E-state index contributed by atoms with van der Waals surface area (Å²) in [6.45, 7) is 6.68. The van der Waals surface area contributed by atoms with Gasteiger partial charge in [-0.25, -0.2) is 0 Å². The van der Waals surface area contributed by atoms with Crippen LogP contribution in [0.3, 0.4) is 0 Å². The first-order chi connectivity index (χ1) is 13.7. The van der Waals surface area contributed by atoms with Crippen molar-refractivity contribution in [3.05, 3.63) is 68.1 Å². The van der Waals surface area contributed by atoms with Crippen LogP contribution in [0.15, 0.2) is 46.9 Å². The second-order valence-electron chi connectivity index (χ2n) is 7.38. The van der Waals surface area contributed by atoms with Gasteiger partial charge in [0, 0.05) is 27.6 Å². The molecule has 0 saturated carbocycles. The van der Waals surface area contributed by atoms with E-state index < -0.39 is 6.04 Å². The monoisotopic (exact) mass is 498 g/mol. The predicted octanol–water partition coefficient (Wildman–Crippen LogP) is 5.49. The maximum Gasteiger partial charge on any atom is 0.242 e. The molecule has 0 aliphatic heterocycles. The number of carbonyl (C=O) groups excluding carboxylic acids is 2. The lowest BCUT2D eigenvalue weighted by Gasteiger charge is -2.29. The van der Waals surface area contributed by atoms with Crippen LogP contribution in [0.2, 0.25) is 10.0 Å². The van der Waals surface area contributed by atoms with Crippen molar-refractivity contribution in [1.29, 1.82) is 0 Å². The first kappa shape index (κ1) is 23.7. The van der Waals surface area contributed by atoms with Gasteiger partial charge in [-0.2, -0.15) is 0 Å². The fourth-order valence-corrected chi connectivity index (χ4v) is 3.72. The molecule has 2 amide bonds. The summed E-state index contributed by atoms with van der Waals surface area (Å²) in [6.07, 6.45) is 0.0891. The summed E-state index contributed by atoms with van der Waals surface area (Å²) in [5.41, 5.74) is 1.61. The summed E-state index contributed by atoms with van der Waals surface area (Å²) in [4.78, 5) is 27.4. The van der Waals surface area contributed by atoms with Crippen molar-refractivity contribution in [3.63, 3.8) is 0 Å². The summed E-state index contributed by atoms with van der Waals surface area (Å²) < 4.78 is 0.917. The molecule has 0 radical (unpaired) electrons. The van der Waals surface area contributed by atoms with Gasteiger partial charge >= 0.3 is 0 Å². The van der Waals surface area contributed by atoms with Gasteiger partial charge in [0.2, 0.25) is 11.8 Å². The van der Waals surface area contributed by atoms with E-state index in [0.29, 0.717) is 34.6 Å². The molecule has 0 spiro atoms. The molecule has 0 fully saturated rings. The molecule has 0 saturated heterocycles. The molecule has 0 aromatic heterocycles. The maximum atomic E-state index is 13.2. The largest absolute Gasteiger partial charge is 0.354 e. The summed E-state index contributed by atoms with van der Waals surface area (Å²) in [5, 5.41) is 3.86. The van der Waals surface area contributed by atoms with Gasteiger partial charge in [0.1, 0.15) is 6.04 Å².